The number of ether oxygens (including phenoxy) is 1. The van der Waals surface area contributed by atoms with Crippen molar-refractivity contribution in [2.24, 2.45) is 5.41 Å². The summed E-state index contributed by atoms with van der Waals surface area (Å²) >= 11 is 0. The fourth-order valence-electron chi connectivity index (χ4n) is 5.34. The molecule has 1 aliphatic carbocycles. The van der Waals surface area contributed by atoms with Crippen LogP contribution in [0.3, 0.4) is 0 Å². The first-order valence-electron chi connectivity index (χ1n) is 15.2. The maximum absolute atomic E-state index is 13.0. The number of aliphatic hydroxyl groups excluding tert-OH is 2. The van der Waals surface area contributed by atoms with Crippen LogP contribution in [0.1, 0.15) is 66.5 Å². The number of carbonyl (C=O) groups excluding carboxylic acids is 1. The highest BCUT2D eigenvalue weighted by atomic mass is 19.1. The maximum Gasteiger partial charge on any atom is 0.330 e. The van der Waals surface area contributed by atoms with Crippen molar-refractivity contribution in [1.82, 2.24) is 9.55 Å². The molecule has 2 aliphatic rings. The number of aromatic nitrogens is 2. The SMILES string of the molecule is CC1=C(/C=C/C(C)=C/C=C/C(C)=C/C(=O)Nc2ccc(O)cc2)C(C)(C)CCC1.F.O=c1[nH]c(=O)n([C@H]2C[C@H](O)[C@@H](CO)O2)cc1F. The van der Waals surface area contributed by atoms with Gasteiger partial charge in [0.05, 0.1) is 18.9 Å². The lowest BCUT2D eigenvalue weighted by Crippen LogP contribution is -2.34. The molecular formula is C35H45F2N3O7. The molecule has 1 aromatic heterocycles. The standard InChI is InChI=1S/C26H33NO2.C9H11FN2O5.FH/c1-19(11-16-24-21(3)10-7-17-26(24,4)5)8-6-9-20(2)18-25(29)27-22-12-14-23(28)15-13-22;10-4-2-12(9(16)11-8(4)15)7-1-5(14)6(3-13)17-7;/h6,8-9,11-16,18,28H,7,10,17H2,1-5H3,(H,27,29);2,5-7,13-14H,1,3H2,(H,11,15,16);1H/b9-6+,16-11+,19-8+,20-18+;;/t;5-,6+,7+;/m.0./s1. The second-order valence-electron chi connectivity index (χ2n) is 12.2. The fraction of sp³-hybridized carbons (Fsp3) is 0.400. The number of aromatic amines is 1. The topological polar surface area (TPSA) is 154 Å². The fourth-order valence-corrected chi connectivity index (χ4v) is 5.34. The molecule has 1 aromatic carbocycles. The lowest BCUT2D eigenvalue weighted by molar-refractivity contribution is -0.111. The highest BCUT2D eigenvalue weighted by Gasteiger charge is 2.35. The van der Waals surface area contributed by atoms with Gasteiger partial charge in [0, 0.05) is 18.2 Å². The molecule has 5 N–H and O–H groups in total. The molecule has 2 heterocycles. The molecule has 4 rings (SSSR count). The summed E-state index contributed by atoms with van der Waals surface area (Å²) in [7, 11) is 0. The van der Waals surface area contributed by atoms with E-state index in [9.17, 15) is 29.0 Å². The molecule has 1 aliphatic heterocycles. The monoisotopic (exact) mass is 657 g/mol. The van der Waals surface area contributed by atoms with E-state index in [1.54, 1.807) is 35.3 Å². The lowest BCUT2D eigenvalue weighted by Gasteiger charge is -2.32. The van der Waals surface area contributed by atoms with Gasteiger partial charge in [0.2, 0.25) is 11.7 Å². The van der Waals surface area contributed by atoms with Crippen molar-refractivity contribution < 1.29 is 33.9 Å². The largest absolute Gasteiger partial charge is 0.508 e. The van der Waals surface area contributed by atoms with Crippen molar-refractivity contribution in [1.29, 1.82) is 0 Å². The van der Waals surface area contributed by atoms with Crippen molar-refractivity contribution >= 4 is 11.6 Å². The minimum atomic E-state index is -1.12. The van der Waals surface area contributed by atoms with Gasteiger partial charge >= 0.3 is 5.69 Å². The molecule has 0 unspecified atom stereocenters. The first-order chi connectivity index (χ1) is 21.7. The van der Waals surface area contributed by atoms with Crippen LogP contribution >= 0.6 is 0 Å². The average molecular weight is 658 g/mol. The summed E-state index contributed by atoms with van der Waals surface area (Å²) in [6, 6.07) is 6.41. The Morgan fingerprint density at radius 1 is 1.17 bits per heavy atom. The Morgan fingerprint density at radius 2 is 1.85 bits per heavy atom. The lowest BCUT2D eigenvalue weighted by atomic mass is 9.72. The van der Waals surface area contributed by atoms with Gasteiger partial charge in [-0.25, -0.2) is 4.79 Å². The number of carbonyl (C=O) groups is 1. The quantitative estimate of drug-likeness (QED) is 0.146. The van der Waals surface area contributed by atoms with Crippen LogP contribution in [0.4, 0.5) is 14.8 Å². The van der Waals surface area contributed by atoms with Crippen LogP contribution in [0, 0.1) is 11.2 Å². The Kier molecular flexibility index (Phi) is 14.4. The maximum atomic E-state index is 13.0. The Labute approximate surface area is 272 Å². The second kappa shape index (κ2) is 17.5. The number of H-pyrrole nitrogens is 1. The zero-order chi connectivity index (χ0) is 34.0. The number of aromatic hydroxyl groups is 1. The number of allylic oxidation sites excluding steroid dienone is 9. The summed E-state index contributed by atoms with van der Waals surface area (Å²) in [6.07, 6.45) is 13.7. The number of halogens is 2. The molecule has 2 aromatic rings. The number of phenols is 1. The van der Waals surface area contributed by atoms with Crippen molar-refractivity contribution in [3.63, 3.8) is 0 Å². The van der Waals surface area contributed by atoms with Crippen molar-refractivity contribution in [3.8, 4) is 5.75 Å². The van der Waals surface area contributed by atoms with E-state index in [4.69, 9.17) is 9.84 Å². The molecule has 3 atom stereocenters. The van der Waals surface area contributed by atoms with E-state index in [2.05, 4.69) is 51.2 Å². The van der Waals surface area contributed by atoms with Crippen molar-refractivity contribution in [2.45, 2.75) is 78.7 Å². The van der Waals surface area contributed by atoms with Gasteiger partial charge in [0.25, 0.3) is 5.56 Å². The van der Waals surface area contributed by atoms with Crippen molar-refractivity contribution in [3.05, 3.63) is 116 Å². The highest BCUT2D eigenvalue weighted by Crippen LogP contribution is 2.40. The Morgan fingerprint density at radius 3 is 2.47 bits per heavy atom. The van der Waals surface area contributed by atoms with Gasteiger partial charge < -0.3 is 25.4 Å². The van der Waals surface area contributed by atoms with Crippen LogP contribution in [0.5, 0.6) is 5.75 Å². The minimum Gasteiger partial charge on any atom is -0.508 e. The van der Waals surface area contributed by atoms with Crippen LogP contribution in [-0.2, 0) is 9.53 Å². The molecule has 0 radical (unpaired) electrons. The predicted molar refractivity (Wildman–Crippen MR) is 178 cm³/mol. The van der Waals surface area contributed by atoms with Gasteiger partial charge in [0.15, 0.2) is 0 Å². The predicted octanol–water partition coefficient (Wildman–Crippen LogP) is 5.33. The zero-order valence-corrected chi connectivity index (χ0v) is 27.3. The van der Waals surface area contributed by atoms with Crippen molar-refractivity contribution in [2.75, 3.05) is 11.9 Å². The number of aliphatic hydroxyl groups is 2. The minimum absolute atomic E-state index is 0. The molecule has 47 heavy (non-hydrogen) atoms. The van der Waals surface area contributed by atoms with Gasteiger partial charge in [0.1, 0.15) is 18.1 Å². The van der Waals surface area contributed by atoms with Gasteiger partial charge in [-0.05, 0) is 80.9 Å². The van der Waals surface area contributed by atoms with Crippen LogP contribution < -0.4 is 16.6 Å². The average Bonchev–Trinajstić information content (AvgIpc) is 3.36. The molecule has 12 heteroatoms. The number of benzene rings is 1. The third kappa shape index (κ3) is 11.4. The van der Waals surface area contributed by atoms with Crippen LogP contribution in [0.15, 0.2) is 98.8 Å². The number of rotatable bonds is 8. The van der Waals surface area contributed by atoms with Gasteiger partial charge in [-0.3, -0.25) is 23.8 Å². The summed E-state index contributed by atoms with van der Waals surface area (Å²) in [6.45, 7) is 10.5. The number of hydrogen-bond donors (Lipinski definition) is 5. The summed E-state index contributed by atoms with van der Waals surface area (Å²) in [5.41, 5.74) is 3.96. The summed E-state index contributed by atoms with van der Waals surface area (Å²) in [5.74, 6) is -1.14. The third-order valence-corrected chi connectivity index (χ3v) is 7.89. The molecule has 1 fully saturated rings. The summed E-state index contributed by atoms with van der Waals surface area (Å²) < 4.78 is 19.0. The van der Waals surface area contributed by atoms with E-state index in [0.717, 1.165) is 16.3 Å². The number of amides is 1. The van der Waals surface area contributed by atoms with E-state index in [1.807, 2.05) is 19.1 Å². The normalized spacial score (nSPS) is 21.4. The Balaban J connectivity index is 0.000000363. The van der Waals surface area contributed by atoms with Gasteiger partial charge in [-0.2, -0.15) is 4.39 Å². The number of anilines is 1. The number of hydrogen-bond acceptors (Lipinski definition) is 7. The van der Waals surface area contributed by atoms with E-state index < -0.39 is 42.1 Å². The molecule has 10 nitrogen and oxygen atoms in total. The first kappa shape index (κ1) is 38.8. The molecule has 0 spiro atoms. The number of nitrogens with zero attached hydrogens (tertiary/aromatic N) is 1. The molecule has 1 amide bonds. The first-order valence-corrected chi connectivity index (χ1v) is 15.2. The van der Waals surface area contributed by atoms with E-state index in [1.165, 1.54) is 36.0 Å². The molecular weight excluding hydrogens is 612 g/mol. The zero-order valence-electron chi connectivity index (χ0n) is 27.3. The van der Waals surface area contributed by atoms with Gasteiger partial charge in [-0.1, -0.05) is 55.4 Å². The van der Waals surface area contributed by atoms with Crippen LogP contribution in [0.2, 0.25) is 0 Å². The van der Waals surface area contributed by atoms with E-state index in [-0.39, 0.29) is 28.2 Å². The van der Waals surface area contributed by atoms with E-state index >= 15 is 0 Å². The Hall–Kier alpha value is -4.39. The number of phenolic OH excluding ortho intramolecular Hbond substituents is 1. The molecule has 0 bridgehead atoms. The summed E-state index contributed by atoms with van der Waals surface area (Å²) in [4.78, 5) is 36.1. The van der Waals surface area contributed by atoms with Crippen LogP contribution in [-0.4, -0.2) is 49.6 Å². The van der Waals surface area contributed by atoms with E-state index in [0.29, 0.717) is 5.69 Å². The summed E-state index contributed by atoms with van der Waals surface area (Å²) in [5, 5.41) is 30.4. The Bertz CT molecular complexity index is 1650. The molecule has 0 saturated carbocycles. The highest BCUT2D eigenvalue weighted by molar-refractivity contribution is 6.00. The van der Waals surface area contributed by atoms with Crippen LogP contribution in [0.25, 0.3) is 0 Å². The number of nitrogens with one attached hydrogen (secondary N) is 2. The molecule has 1 saturated heterocycles. The smallest absolute Gasteiger partial charge is 0.330 e. The van der Waals surface area contributed by atoms with Gasteiger partial charge in [-0.15, -0.1) is 0 Å². The third-order valence-electron chi connectivity index (χ3n) is 7.89. The second-order valence-corrected chi connectivity index (χ2v) is 12.2. The molecule has 256 valence electrons.